The first-order valence-electron chi connectivity index (χ1n) is 4.34. The SMILES string of the molecule is CCNc1cccc(CNC)c1. The molecule has 0 bridgehead atoms. The van der Waals surface area contributed by atoms with Crippen LogP contribution < -0.4 is 10.6 Å². The summed E-state index contributed by atoms with van der Waals surface area (Å²) in [5, 5.41) is 6.40. The van der Waals surface area contributed by atoms with Crippen LogP contribution in [0, 0.1) is 0 Å². The van der Waals surface area contributed by atoms with Gasteiger partial charge in [0.15, 0.2) is 0 Å². The van der Waals surface area contributed by atoms with Gasteiger partial charge in [-0.2, -0.15) is 0 Å². The van der Waals surface area contributed by atoms with Crippen molar-refractivity contribution in [1.29, 1.82) is 0 Å². The lowest BCUT2D eigenvalue weighted by Gasteiger charge is -2.05. The van der Waals surface area contributed by atoms with E-state index in [1.807, 2.05) is 7.05 Å². The van der Waals surface area contributed by atoms with Crippen molar-refractivity contribution in [3.05, 3.63) is 29.8 Å². The third-order valence-corrected chi connectivity index (χ3v) is 1.69. The molecule has 2 N–H and O–H groups in total. The Labute approximate surface area is 74.0 Å². The highest BCUT2D eigenvalue weighted by Crippen LogP contribution is 2.09. The summed E-state index contributed by atoms with van der Waals surface area (Å²) < 4.78 is 0. The molecule has 0 unspecified atom stereocenters. The summed E-state index contributed by atoms with van der Waals surface area (Å²) >= 11 is 0. The lowest BCUT2D eigenvalue weighted by atomic mass is 10.2. The van der Waals surface area contributed by atoms with Gasteiger partial charge < -0.3 is 10.6 Å². The molecular formula is C10H16N2. The molecule has 0 heterocycles. The van der Waals surface area contributed by atoms with E-state index in [1.165, 1.54) is 11.3 Å². The van der Waals surface area contributed by atoms with Gasteiger partial charge in [0.1, 0.15) is 0 Å². The van der Waals surface area contributed by atoms with Crippen molar-refractivity contribution in [3.8, 4) is 0 Å². The summed E-state index contributed by atoms with van der Waals surface area (Å²) in [6, 6.07) is 8.45. The fourth-order valence-corrected chi connectivity index (χ4v) is 1.20. The zero-order valence-electron chi connectivity index (χ0n) is 7.72. The maximum absolute atomic E-state index is 3.28. The second-order valence-corrected chi connectivity index (χ2v) is 2.76. The van der Waals surface area contributed by atoms with Gasteiger partial charge in [-0.1, -0.05) is 12.1 Å². The van der Waals surface area contributed by atoms with Crippen LogP contribution in [0.2, 0.25) is 0 Å². The zero-order valence-corrected chi connectivity index (χ0v) is 7.72. The average Bonchev–Trinajstić information content (AvgIpc) is 2.06. The quantitative estimate of drug-likeness (QED) is 0.709. The monoisotopic (exact) mass is 164 g/mol. The normalized spacial score (nSPS) is 9.83. The maximum atomic E-state index is 3.28. The Morgan fingerprint density at radius 3 is 2.83 bits per heavy atom. The first-order chi connectivity index (χ1) is 5.86. The van der Waals surface area contributed by atoms with E-state index in [1.54, 1.807) is 0 Å². The molecule has 0 atom stereocenters. The predicted molar refractivity (Wildman–Crippen MR) is 53.4 cm³/mol. The maximum Gasteiger partial charge on any atom is 0.0343 e. The van der Waals surface area contributed by atoms with E-state index in [4.69, 9.17) is 0 Å². The molecule has 0 aliphatic carbocycles. The van der Waals surface area contributed by atoms with Gasteiger partial charge in [0.05, 0.1) is 0 Å². The molecule has 0 fully saturated rings. The van der Waals surface area contributed by atoms with Gasteiger partial charge in [0, 0.05) is 18.8 Å². The number of hydrogen-bond acceptors (Lipinski definition) is 2. The van der Waals surface area contributed by atoms with Crippen LogP contribution in [-0.4, -0.2) is 13.6 Å². The van der Waals surface area contributed by atoms with Crippen LogP contribution in [0.1, 0.15) is 12.5 Å². The van der Waals surface area contributed by atoms with Crippen LogP contribution in [0.5, 0.6) is 0 Å². The van der Waals surface area contributed by atoms with Crippen LogP contribution in [0.15, 0.2) is 24.3 Å². The highest BCUT2D eigenvalue weighted by atomic mass is 14.9. The lowest BCUT2D eigenvalue weighted by molar-refractivity contribution is 0.818. The summed E-state index contributed by atoms with van der Waals surface area (Å²) in [6.45, 7) is 4.01. The fraction of sp³-hybridized carbons (Fsp3) is 0.400. The molecule has 1 rings (SSSR count). The minimum Gasteiger partial charge on any atom is -0.385 e. The highest BCUT2D eigenvalue weighted by Gasteiger charge is 1.92. The Morgan fingerprint density at radius 1 is 1.33 bits per heavy atom. The molecule has 0 aromatic heterocycles. The standard InChI is InChI=1S/C10H16N2/c1-3-12-10-6-4-5-9(7-10)8-11-2/h4-7,11-12H,3,8H2,1-2H3. The van der Waals surface area contributed by atoms with Crippen LogP contribution in [0.25, 0.3) is 0 Å². The van der Waals surface area contributed by atoms with Crippen molar-refractivity contribution >= 4 is 5.69 Å². The Morgan fingerprint density at radius 2 is 2.17 bits per heavy atom. The topological polar surface area (TPSA) is 24.1 Å². The van der Waals surface area contributed by atoms with Crippen LogP contribution in [0.3, 0.4) is 0 Å². The molecule has 1 aromatic carbocycles. The van der Waals surface area contributed by atoms with Crippen molar-refractivity contribution in [3.63, 3.8) is 0 Å². The first-order valence-corrected chi connectivity index (χ1v) is 4.34. The van der Waals surface area contributed by atoms with Crippen molar-refractivity contribution in [2.24, 2.45) is 0 Å². The number of nitrogens with one attached hydrogen (secondary N) is 2. The molecule has 0 aliphatic rings. The van der Waals surface area contributed by atoms with Gasteiger partial charge in [-0.05, 0) is 31.7 Å². The molecule has 2 nitrogen and oxygen atoms in total. The van der Waals surface area contributed by atoms with Crippen molar-refractivity contribution in [1.82, 2.24) is 5.32 Å². The Kier molecular flexibility index (Phi) is 3.61. The molecular weight excluding hydrogens is 148 g/mol. The molecule has 0 amide bonds. The van der Waals surface area contributed by atoms with Gasteiger partial charge >= 0.3 is 0 Å². The summed E-state index contributed by atoms with van der Waals surface area (Å²) in [5.41, 5.74) is 2.52. The molecule has 2 heteroatoms. The Hall–Kier alpha value is -1.02. The summed E-state index contributed by atoms with van der Waals surface area (Å²) in [6.07, 6.45) is 0. The average molecular weight is 164 g/mol. The van der Waals surface area contributed by atoms with Crippen molar-refractivity contribution < 1.29 is 0 Å². The van der Waals surface area contributed by atoms with E-state index >= 15 is 0 Å². The Bertz CT molecular complexity index is 212. The van der Waals surface area contributed by atoms with E-state index in [9.17, 15) is 0 Å². The molecule has 0 radical (unpaired) electrons. The van der Waals surface area contributed by atoms with Gasteiger partial charge in [-0.25, -0.2) is 0 Å². The summed E-state index contributed by atoms with van der Waals surface area (Å²) in [5.74, 6) is 0. The van der Waals surface area contributed by atoms with E-state index in [0.717, 1.165) is 13.1 Å². The molecule has 66 valence electrons. The van der Waals surface area contributed by atoms with E-state index in [-0.39, 0.29) is 0 Å². The van der Waals surface area contributed by atoms with Crippen LogP contribution in [0.4, 0.5) is 5.69 Å². The number of anilines is 1. The molecule has 0 aliphatic heterocycles. The van der Waals surface area contributed by atoms with Gasteiger partial charge in [0.25, 0.3) is 0 Å². The number of rotatable bonds is 4. The number of hydrogen-bond donors (Lipinski definition) is 2. The Balaban J connectivity index is 2.67. The minimum absolute atomic E-state index is 0.930. The minimum atomic E-state index is 0.930. The van der Waals surface area contributed by atoms with Crippen molar-refractivity contribution in [2.75, 3.05) is 18.9 Å². The van der Waals surface area contributed by atoms with Crippen molar-refractivity contribution in [2.45, 2.75) is 13.5 Å². The molecule has 0 spiro atoms. The third-order valence-electron chi connectivity index (χ3n) is 1.69. The van der Waals surface area contributed by atoms with Crippen LogP contribution >= 0.6 is 0 Å². The second-order valence-electron chi connectivity index (χ2n) is 2.76. The lowest BCUT2D eigenvalue weighted by Crippen LogP contribution is -2.05. The largest absolute Gasteiger partial charge is 0.385 e. The van der Waals surface area contributed by atoms with E-state index in [0.29, 0.717) is 0 Å². The van der Waals surface area contributed by atoms with Gasteiger partial charge in [-0.15, -0.1) is 0 Å². The predicted octanol–water partition coefficient (Wildman–Crippen LogP) is 1.84. The third kappa shape index (κ3) is 2.55. The van der Waals surface area contributed by atoms with Gasteiger partial charge in [-0.3, -0.25) is 0 Å². The fourth-order valence-electron chi connectivity index (χ4n) is 1.20. The summed E-state index contributed by atoms with van der Waals surface area (Å²) in [7, 11) is 1.96. The number of benzene rings is 1. The smallest absolute Gasteiger partial charge is 0.0343 e. The second kappa shape index (κ2) is 4.78. The molecule has 1 aromatic rings. The first kappa shape index (κ1) is 9.07. The zero-order chi connectivity index (χ0) is 8.81. The highest BCUT2D eigenvalue weighted by molar-refractivity contribution is 5.45. The molecule has 0 saturated carbocycles. The molecule has 0 saturated heterocycles. The molecule has 12 heavy (non-hydrogen) atoms. The van der Waals surface area contributed by atoms with E-state index in [2.05, 4.69) is 41.8 Å². The van der Waals surface area contributed by atoms with Gasteiger partial charge in [0.2, 0.25) is 0 Å². The van der Waals surface area contributed by atoms with Crippen LogP contribution in [-0.2, 0) is 6.54 Å². The van der Waals surface area contributed by atoms with E-state index < -0.39 is 0 Å². The summed E-state index contributed by atoms with van der Waals surface area (Å²) in [4.78, 5) is 0.